The van der Waals surface area contributed by atoms with Crippen LogP contribution in [-0.4, -0.2) is 36.1 Å². The Morgan fingerprint density at radius 1 is 1.14 bits per heavy atom. The molecule has 0 aliphatic rings. The fourth-order valence-electron chi connectivity index (χ4n) is 2.85. The summed E-state index contributed by atoms with van der Waals surface area (Å²) in [6.07, 6.45) is 1.51. The number of rotatable bonds is 6. The summed E-state index contributed by atoms with van der Waals surface area (Å²) in [5, 5.41) is 3.11. The predicted molar refractivity (Wildman–Crippen MR) is 104 cm³/mol. The first-order valence-electron chi connectivity index (χ1n) is 8.77. The summed E-state index contributed by atoms with van der Waals surface area (Å²) in [5.74, 6) is -2.21. The Labute approximate surface area is 166 Å². The van der Waals surface area contributed by atoms with Gasteiger partial charge in [0.1, 0.15) is 12.4 Å². The molecule has 0 aliphatic carbocycles. The van der Waals surface area contributed by atoms with Crippen molar-refractivity contribution in [2.75, 3.05) is 19.0 Å². The number of para-hydroxylation sites is 1. The summed E-state index contributed by atoms with van der Waals surface area (Å²) in [6.45, 7) is 0.903. The van der Waals surface area contributed by atoms with E-state index >= 15 is 0 Å². The topological polar surface area (TPSA) is 86.6 Å². The standard InChI is InChI=1S/C21H19FN2O5/c1-13-7-8-14(9-17(13)22)23-19(25)12-29-20(26)11-24-10-16(21(27)28-2)15-5-3-4-6-18(15)24/h3-10H,11-12H2,1-2H3,(H,23,25). The molecule has 0 spiro atoms. The number of halogens is 1. The number of aromatic nitrogens is 1. The smallest absolute Gasteiger partial charge is 0.340 e. The monoisotopic (exact) mass is 398 g/mol. The van der Waals surface area contributed by atoms with E-state index in [1.54, 1.807) is 41.8 Å². The Bertz CT molecular complexity index is 1090. The van der Waals surface area contributed by atoms with Crippen molar-refractivity contribution in [2.24, 2.45) is 0 Å². The van der Waals surface area contributed by atoms with Crippen LogP contribution in [0.2, 0.25) is 0 Å². The molecule has 0 aliphatic heterocycles. The molecular weight excluding hydrogens is 379 g/mol. The van der Waals surface area contributed by atoms with Gasteiger partial charge in [-0.15, -0.1) is 0 Å². The highest BCUT2D eigenvalue weighted by atomic mass is 19.1. The Hall–Kier alpha value is -3.68. The van der Waals surface area contributed by atoms with Crippen LogP contribution in [0, 0.1) is 12.7 Å². The Morgan fingerprint density at radius 2 is 1.90 bits per heavy atom. The number of ether oxygens (including phenoxy) is 2. The van der Waals surface area contributed by atoms with Gasteiger partial charge in [-0.05, 0) is 30.7 Å². The van der Waals surface area contributed by atoms with E-state index in [4.69, 9.17) is 9.47 Å². The first kappa shape index (κ1) is 20.1. The SMILES string of the molecule is COC(=O)c1cn(CC(=O)OCC(=O)Nc2ccc(C)c(F)c2)c2ccccc12. The highest BCUT2D eigenvalue weighted by molar-refractivity contribution is 6.04. The average molecular weight is 398 g/mol. The summed E-state index contributed by atoms with van der Waals surface area (Å²) in [5.41, 5.74) is 1.72. The molecule has 0 radical (unpaired) electrons. The van der Waals surface area contributed by atoms with E-state index in [1.165, 1.54) is 25.4 Å². The lowest BCUT2D eigenvalue weighted by atomic mass is 10.2. The molecule has 1 N–H and O–H groups in total. The van der Waals surface area contributed by atoms with Crippen molar-refractivity contribution < 1.29 is 28.2 Å². The number of nitrogens with one attached hydrogen (secondary N) is 1. The van der Waals surface area contributed by atoms with Gasteiger partial charge in [-0.1, -0.05) is 24.3 Å². The third-order valence-electron chi connectivity index (χ3n) is 4.31. The largest absolute Gasteiger partial charge is 0.465 e. The molecule has 0 bridgehead atoms. The van der Waals surface area contributed by atoms with Gasteiger partial charge in [-0.3, -0.25) is 9.59 Å². The quantitative estimate of drug-likeness (QED) is 0.645. The van der Waals surface area contributed by atoms with Crippen LogP contribution >= 0.6 is 0 Å². The third-order valence-corrected chi connectivity index (χ3v) is 4.31. The minimum absolute atomic E-state index is 0.191. The van der Waals surface area contributed by atoms with Gasteiger partial charge in [0.25, 0.3) is 5.91 Å². The summed E-state index contributed by atoms with van der Waals surface area (Å²) >= 11 is 0. The lowest BCUT2D eigenvalue weighted by Gasteiger charge is -2.08. The Morgan fingerprint density at radius 3 is 2.62 bits per heavy atom. The summed E-state index contributed by atoms with van der Waals surface area (Å²) in [4.78, 5) is 36.0. The summed E-state index contributed by atoms with van der Waals surface area (Å²) in [7, 11) is 1.28. The first-order valence-corrected chi connectivity index (χ1v) is 8.77. The Balaban J connectivity index is 1.63. The van der Waals surface area contributed by atoms with Crippen molar-refractivity contribution in [1.29, 1.82) is 0 Å². The number of amides is 1. The van der Waals surface area contributed by atoms with Crippen LogP contribution < -0.4 is 5.32 Å². The molecule has 150 valence electrons. The maximum Gasteiger partial charge on any atom is 0.340 e. The number of hydrogen-bond donors (Lipinski definition) is 1. The van der Waals surface area contributed by atoms with Crippen LogP contribution in [0.15, 0.2) is 48.7 Å². The normalized spacial score (nSPS) is 10.6. The second-order valence-corrected chi connectivity index (χ2v) is 6.35. The maximum absolute atomic E-state index is 13.5. The van der Waals surface area contributed by atoms with E-state index in [-0.39, 0.29) is 12.2 Å². The Kier molecular flexibility index (Phi) is 5.92. The van der Waals surface area contributed by atoms with Crippen molar-refractivity contribution in [2.45, 2.75) is 13.5 Å². The van der Waals surface area contributed by atoms with Crippen LogP contribution in [0.1, 0.15) is 15.9 Å². The van der Waals surface area contributed by atoms with Gasteiger partial charge in [0.2, 0.25) is 0 Å². The van der Waals surface area contributed by atoms with Crippen molar-refractivity contribution in [3.05, 3.63) is 65.6 Å². The molecule has 1 amide bonds. The number of benzene rings is 2. The van der Waals surface area contributed by atoms with Crippen LogP contribution in [-0.2, 0) is 25.6 Å². The van der Waals surface area contributed by atoms with Gasteiger partial charge < -0.3 is 19.4 Å². The van der Waals surface area contributed by atoms with Gasteiger partial charge >= 0.3 is 11.9 Å². The number of carbonyl (C=O) groups is 3. The van der Waals surface area contributed by atoms with E-state index < -0.39 is 30.3 Å². The number of hydrogen-bond acceptors (Lipinski definition) is 5. The highest BCUT2D eigenvalue weighted by Gasteiger charge is 2.17. The molecule has 3 rings (SSSR count). The number of aryl methyl sites for hydroxylation is 1. The first-order chi connectivity index (χ1) is 13.9. The number of nitrogens with zero attached hydrogens (tertiary/aromatic N) is 1. The third kappa shape index (κ3) is 4.60. The van der Waals surface area contributed by atoms with E-state index in [0.717, 1.165) is 0 Å². The van der Waals surface area contributed by atoms with Crippen molar-refractivity contribution in [3.8, 4) is 0 Å². The summed E-state index contributed by atoms with van der Waals surface area (Å²) < 4.78 is 24.8. The fraction of sp³-hybridized carbons (Fsp3) is 0.190. The van der Waals surface area contributed by atoms with E-state index in [2.05, 4.69) is 5.32 Å². The van der Waals surface area contributed by atoms with Gasteiger partial charge in [0, 0.05) is 22.8 Å². The minimum Gasteiger partial charge on any atom is -0.465 e. The molecule has 0 saturated heterocycles. The van der Waals surface area contributed by atoms with E-state index in [1.807, 2.05) is 0 Å². The summed E-state index contributed by atoms with van der Waals surface area (Å²) in [6, 6.07) is 11.3. The molecule has 0 atom stereocenters. The molecule has 7 nitrogen and oxygen atoms in total. The maximum atomic E-state index is 13.5. The van der Waals surface area contributed by atoms with E-state index in [9.17, 15) is 18.8 Å². The molecule has 2 aromatic carbocycles. The van der Waals surface area contributed by atoms with E-state index in [0.29, 0.717) is 22.0 Å². The molecule has 1 aromatic heterocycles. The second kappa shape index (κ2) is 8.55. The second-order valence-electron chi connectivity index (χ2n) is 6.35. The molecule has 29 heavy (non-hydrogen) atoms. The zero-order valence-electron chi connectivity index (χ0n) is 15.9. The zero-order chi connectivity index (χ0) is 21.0. The lowest BCUT2D eigenvalue weighted by Crippen LogP contribution is -2.23. The molecule has 0 unspecified atom stereocenters. The number of anilines is 1. The number of esters is 2. The van der Waals surface area contributed by atoms with Crippen molar-refractivity contribution >= 4 is 34.4 Å². The molecule has 8 heteroatoms. The van der Waals surface area contributed by atoms with Gasteiger partial charge in [0.05, 0.1) is 12.7 Å². The number of methoxy groups -OCH3 is 1. The van der Waals surface area contributed by atoms with Crippen LogP contribution in [0.3, 0.4) is 0 Å². The molecule has 0 saturated carbocycles. The number of fused-ring (bicyclic) bond motifs is 1. The van der Waals surface area contributed by atoms with Crippen molar-refractivity contribution in [3.63, 3.8) is 0 Å². The number of carbonyl (C=O) groups excluding carboxylic acids is 3. The molecule has 0 fully saturated rings. The predicted octanol–water partition coefficient (Wildman–Crippen LogP) is 3.06. The lowest BCUT2D eigenvalue weighted by molar-refractivity contribution is -0.147. The average Bonchev–Trinajstić information content (AvgIpc) is 3.07. The van der Waals surface area contributed by atoms with Gasteiger partial charge in [0.15, 0.2) is 6.61 Å². The fourth-order valence-corrected chi connectivity index (χ4v) is 2.85. The van der Waals surface area contributed by atoms with Crippen LogP contribution in [0.25, 0.3) is 10.9 Å². The zero-order valence-corrected chi connectivity index (χ0v) is 15.9. The van der Waals surface area contributed by atoms with Gasteiger partial charge in [-0.25, -0.2) is 9.18 Å². The minimum atomic E-state index is -0.660. The van der Waals surface area contributed by atoms with Gasteiger partial charge in [-0.2, -0.15) is 0 Å². The highest BCUT2D eigenvalue weighted by Crippen LogP contribution is 2.22. The van der Waals surface area contributed by atoms with Crippen LogP contribution in [0.5, 0.6) is 0 Å². The van der Waals surface area contributed by atoms with Crippen LogP contribution in [0.4, 0.5) is 10.1 Å². The molecular formula is C21H19FN2O5. The van der Waals surface area contributed by atoms with Crippen molar-refractivity contribution in [1.82, 2.24) is 4.57 Å². The molecule has 3 aromatic rings. The molecule has 1 heterocycles.